The van der Waals surface area contributed by atoms with Gasteiger partial charge in [0.05, 0.1) is 6.42 Å². The SMILES string of the molecule is CCC[C@H](NC(=O)[C@H](C)NC(=O)CCC(=O)O[C@@H]1CC[C@@H]2[C@@H]3CCC4=CC(=O)CC[C@]4(C)[C@@H]3CC[C@@]21C)C(=O)O. The lowest BCUT2D eigenvalue weighted by molar-refractivity contribution is -0.160. The van der Waals surface area contributed by atoms with E-state index in [0.717, 1.165) is 44.9 Å². The van der Waals surface area contributed by atoms with Gasteiger partial charge in [-0.15, -0.1) is 0 Å². The largest absolute Gasteiger partial charge is 0.480 e. The molecule has 4 aliphatic carbocycles. The number of ketones is 1. The van der Waals surface area contributed by atoms with Crippen molar-refractivity contribution < 1.29 is 33.8 Å². The minimum absolute atomic E-state index is 0.0721. The molecule has 222 valence electrons. The van der Waals surface area contributed by atoms with E-state index in [1.807, 2.05) is 13.0 Å². The van der Waals surface area contributed by atoms with Gasteiger partial charge in [-0.25, -0.2) is 4.79 Å². The van der Waals surface area contributed by atoms with Crippen molar-refractivity contribution in [1.29, 1.82) is 0 Å². The summed E-state index contributed by atoms with van der Waals surface area (Å²) in [6.07, 6.45) is 10.1. The number of aliphatic carboxylic acids is 1. The van der Waals surface area contributed by atoms with E-state index < -0.39 is 35.8 Å². The van der Waals surface area contributed by atoms with E-state index in [0.29, 0.717) is 37.0 Å². The summed E-state index contributed by atoms with van der Waals surface area (Å²) in [7, 11) is 0. The van der Waals surface area contributed by atoms with Gasteiger partial charge in [-0.1, -0.05) is 32.8 Å². The lowest BCUT2D eigenvalue weighted by atomic mass is 9.47. The van der Waals surface area contributed by atoms with Gasteiger partial charge in [0.25, 0.3) is 0 Å². The zero-order valence-electron chi connectivity index (χ0n) is 24.4. The molecular formula is C31H46N2O7. The quantitative estimate of drug-likeness (QED) is 0.343. The van der Waals surface area contributed by atoms with Gasteiger partial charge in [-0.3, -0.25) is 19.2 Å². The highest BCUT2D eigenvalue weighted by Crippen LogP contribution is 2.65. The summed E-state index contributed by atoms with van der Waals surface area (Å²) in [5, 5.41) is 14.2. The van der Waals surface area contributed by atoms with Crippen molar-refractivity contribution in [2.24, 2.45) is 28.6 Å². The first kappa shape index (κ1) is 30.3. The Balaban J connectivity index is 1.27. The lowest BCUT2D eigenvalue weighted by Crippen LogP contribution is -2.51. The molecule has 2 amide bonds. The average Bonchev–Trinajstić information content (AvgIpc) is 3.23. The van der Waals surface area contributed by atoms with Crippen LogP contribution in [0.1, 0.15) is 105 Å². The second-order valence-corrected chi connectivity index (χ2v) is 13.0. The number of fused-ring (bicyclic) bond motifs is 5. The first-order valence-electron chi connectivity index (χ1n) is 15.1. The number of carboxylic acid groups (broad SMARTS) is 1. The van der Waals surface area contributed by atoms with E-state index in [1.54, 1.807) is 0 Å². The van der Waals surface area contributed by atoms with E-state index in [2.05, 4.69) is 24.5 Å². The lowest BCUT2D eigenvalue weighted by Gasteiger charge is -2.57. The third-order valence-electron chi connectivity index (χ3n) is 10.7. The molecule has 4 aliphatic rings. The molecule has 0 spiro atoms. The van der Waals surface area contributed by atoms with Crippen LogP contribution < -0.4 is 10.6 Å². The van der Waals surface area contributed by atoms with E-state index in [-0.39, 0.29) is 35.6 Å². The minimum atomic E-state index is -1.11. The minimum Gasteiger partial charge on any atom is -0.480 e. The number of nitrogens with one attached hydrogen (secondary N) is 2. The van der Waals surface area contributed by atoms with Crippen LogP contribution in [0.15, 0.2) is 11.6 Å². The maximum Gasteiger partial charge on any atom is 0.326 e. The second kappa shape index (κ2) is 12.0. The predicted molar refractivity (Wildman–Crippen MR) is 148 cm³/mol. The molecule has 0 saturated heterocycles. The summed E-state index contributed by atoms with van der Waals surface area (Å²) < 4.78 is 6.00. The van der Waals surface area contributed by atoms with E-state index in [4.69, 9.17) is 4.74 Å². The van der Waals surface area contributed by atoms with Crippen molar-refractivity contribution in [2.45, 2.75) is 123 Å². The second-order valence-electron chi connectivity index (χ2n) is 13.0. The fourth-order valence-corrected chi connectivity index (χ4v) is 8.36. The van der Waals surface area contributed by atoms with Crippen molar-refractivity contribution in [2.75, 3.05) is 0 Å². The normalized spacial score (nSPS) is 34.3. The van der Waals surface area contributed by atoms with Gasteiger partial charge in [0, 0.05) is 18.3 Å². The molecular weight excluding hydrogens is 512 g/mol. The van der Waals surface area contributed by atoms with E-state index in [9.17, 15) is 29.1 Å². The van der Waals surface area contributed by atoms with Crippen LogP contribution in [0.2, 0.25) is 0 Å². The van der Waals surface area contributed by atoms with Crippen LogP contribution in [0, 0.1) is 28.6 Å². The maximum absolute atomic E-state index is 12.8. The fraction of sp³-hybridized carbons (Fsp3) is 0.774. The Labute approximate surface area is 237 Å². The smallest absolute Gasteiger partial charge is 0.326 e. The first-order valence-corrected chi connectivity index (χ1v) is 15.1. The third kappa shape index (κ3) is 5.98. The molecule has 40 heavy (non-hydrogen) atoms. The van der Waals surface area contributed by atoms with Crippen LogP contribution in [-0.4, -0.2) is 52.8 Å². The number of carboxylic acids is 1. The standard InChI is InChI=1S/C31H46N2O7/c1-5-6-24(29(38)39)33-28(37)18(2)32-26(35)11-12-27(36)40-25-10-9-22-21-8-7-19-17-20(34)13-15-30(19,3)23(21)14-16-31(22,25)4/h17-18,21-25H,5-16H2,1-4H3,(H,32,35)(H,33,37)(H,38,39)/t18-,21-,22+,23+,24-,25+,30-,31-/m0/s1. The Morgan fingerprint density at radius 2 is 1.77 bits per heavy atom. The third-order valence-corrected chi connectivity index (χ3v) is 10.7. The van der Waals surface area contributed by atoms with Gasteiger partial charge in [0.15, 0.2) is 5.78 Å². The topological polar surface area (TPSA) is 139 Å². The van der Waals surface area contributed by atoms with Gasteiger partial charge in [-0.2, -0.15) is 0 Å². The van der Waals surface area contributed by atoms with Gasteiger partial charge >= 0.3 is 11.9 Å². The van der Waals surface area contributed by atoms with Crippen molar-refractivity contribution in [3.05, 3.63) is 11.6 Å². The van der Waals surface area contributed by atoms with Crippen molar-refractivity contribution in [3.8, 4) is 0 Å². The number of hydrogen-bond donors (Lipinski definition) is 3. The van der Waals surface area contributed by atoms with Crippen molar-refractivity contribution in [3.63, 3.8) is 0 Å². The Morgan fingerprint density at radius 1 is 1.02 bits per heavy atom. The molecule has 4 rings (SSSR count). The first-order chi connectivity index (χ1) is 18.9. The monoisotopic (exact) mass is 558 g/mol. The molecule has 3 saturated carbocycles. The van der Waals surface area contributed by atoms with Crippen molar-refractivity contribution in [1.82, 2.24) is 10.6 Å². The number of hydrogen-bond acceptors (Lipinski definition) is 6. The summed E-state index contributed by atoms with van der Waals surface area (Å²) in [4.78, 5) is 60.9. The molecule has 0 aromatic heterocycles. The summed E-state index contributed by atoms with van der Waals surface area (Å²) in [6, 6.07) is -1.91. The number of rotatable bonds is 10. The number of carbonyl (C=O) groups is 5. The average molecular weight is 559 g/mol. The Bertz CT molecular complexity index is 1070. The maximum atomic E-state index is 12.8. The Kier molecular flexibility index (Phi) is 9.10. The van der Waals surface area contributed by atoms with Gasteiger partial charge in [0.1, 0.15) is 18.2 Å². The summed E-state index contributed by atoms with van der Waals surface area (Å²) in [5.74, 6) is -0.633. The summed E-state index contributed by atoms with van der Waals surface area (Å²) in [6.45, 7) is 7.95. The number of amides is 2. The van der Waals surface area contributed by atoms with Gasteiger partial charge in [-0.05, 0) is 87.5 Å². The fourth-order valence-electron chi connectivity index (χ4n) is 8.36. The number of ether oxygens (including phenoxy) is 1. The van der Waals surface area contributed by atoms with Crippen LogP contribution in [0.4, 0.5) is 0 Å². The van der Waals surface area contributed by atoms with Gasteiger partial charge in [0.2, 0.25) is 11.8 Å². The predicted octanol–water partition coefficient (Wildman–Crippen LogP) is 4.08. The molecule has 8 atom stereocenters. The van der Waals surface area contributed by atoms with Crippen LogP contribution in [0.5, 0.6) is 0 Å². The molecule has 3 N–H and O–H groups in total. The number of allylic oxidation sites excluding steroid dienone is 1. The molecule has 0 bridgehead atoms. The van der Waals surface area contributed by atoms with Gasteiger partial charge < -0.3 is 20.5 Å². The molecule has 3 fully saturated rings. The molecule has 0 aromatic carbocycles. The van der Waals surface area contributed by atoms with Crippen LogP contribution >= 0.6 is 0 Å². The number of carbonyl (C=O) groups excluding carboxylic acids is 4. The summed E-state index contributed by atoms with van der Waals surface area (Å²) >= 11 is 0. The Morgan fingerprint density at radius 3 is 2.48 bits per heavy atom. The zero-order valence-corrected chi connectivity index (χ0v) is 24.4. The van der Waals surface area contributed by atoms with Crippen LogP contribution in [0.25, 0.3) is 0 Å². The number of esters is 1. The Hall–Kier alpha value is -2.71. The zero-order chi connectivity index (χ0) is 29.2. The van der Waals surface area contributed by atoms with E-state index >= 15 is 0 Å². The molecule has 0 radical (unpaired) electrons. The molecule has 9 heteroatoms. The van der Waals surface area contributed by atoms with Crippen LogP contribution in [0.3, 0.4) is 0 Å². The highest BCUT2D eigenvalue weighted by Gasteiger charge is 2.60. The highest BCUT2D eigenvalue weighted by molar-refractivity contribution is 5.92. The molecule has 9 nitrogen and oxygen atoms in total. The van der Waals surface area contributed by atoms with Crippen LogP contribution in [-0.2, 0) is 28.7 Å². The summed E-state index contributed by atoms with van der Waals surface area (Å²) in [5.41, 5.74) is 1.38. The van der Waals surface area contributed by atoms with Crippen molar-refractivity contribution >= 4 is 29.5 Å². The molecule has 0 heterocycles. The van der Waals surface area contributed by atoms with E-state index in [1.165, 1.54) is 12.5 Å². The highest BCUT2D eigenvalue weighted by atomic mass is 16.5. The molecule has 0 unspecified atom stereocenters. The molecule has 0 aromatic rings. The molecule has 0 aliphatic heterocycles.